The fourth-order valence-corrected chi connectivity index (χ4v) is 1.74. The molecule has 1 atom stereocenters. The van der Waals surface area contributed by atoms with Gasteiger partial charge in [0.05, 0.1) is 5.52 Å². The van der Waals surface area contributed by atoms with E-state index in [1.165, 1.54) is 0 Å². The lowest BCUT2D eigenvalue weighted by atomic mass is 10.1. The van der Waals surface area contributed by atoms with Gasteiger partial charge >= 0.3 is 5.97 Å². The first-order valence-corrected chi connectivity index (χ1v) is 5.82. The minimum atomic E-state index is -0.953. The van der Waals surface area contributed by atoms with Crippen molar-refractivity contribution in [2.45, 2.75) is 20.0 Å². The van der Waals surface area contributed by atoms with Crippen LogP contribution in [-0.4, -0.2) is 22.2 Å². The normalized spacial score (nSPS) is 12.6. The number of aliphatic carboxylic acids is 1. The molecule has 0 saturated carbocycles. The molecule has 0 saturated heterocycles. The van der Waals surface area contributed by atoms with Crippen LogP contribution in [0.2, 0.25) is 0 Å². The highest BCUT2D eigenvalue weighted by Crippen LogP contribution is 2.21. The van der Waals surface area contributed by atoms with Crippen LogP contribution in [0.15, 0.2) is 36.5 Å². The molecular weight excluding hydrogens is 230 g/mol. The number of ether oxygens (including phenoxy) is 1. The number of pyridine rings is 1. The van der Waals surface area contributed by atoms with Crippen molar-refractivity contribution in [1.29, 1.82) is 0 Å². The van der Waals surface area contributed by atoms with Crippen LogP contribution in [0.1, 0.15) is 13.8 Å². The summed E-state index contributed by atoms with van der Waals surface area (Å²) < 4.78 is 5.51. The third-order valence-electron chi connectivity index (χ3n) is 2.69. The van der Waals surface area contributed by atoms with Crippen LogP contribution in [0.25, 0.3) is 10.9 Å². The zero-order valence-electron chi connectivity index (χ0n) is 10.3. The molecule has 0 aliphatic rings. The molecule has 2 rings (SSSR count). The molecule has 4 heteroatoms. The molecule has 18 heavy (non-hydrogen) atoms. The zero-order valence-corrected chi connectivity index (χ0v) is 10.3. The van der Waals surface area contributed by atoms with Crippen LogP contribution in [-0.2, 0) is 4.79 Å². The third kappa shape index (κ3) is 2.59. The van der Waals surface area contributed by atoms with Gasteiger partial charge in [0.1, 0.15) is 5.75 Å². The quantitative estimate of drug-likeness (QED) is 0.899. The minimum Gasteiger partial charge on any atom is -0.478 e. The van der Waals surface area contributed by atoms with Crippen LogP contribution in [0.5, 0.6) is 5.75 Å². The van der Waals surface area contributed by atoms with Gasteiger partial charge in [0.2, 0.25) is 0 Å². The van der Waals surface area contributed by atoms with Crippen molar-refractivity contribution in [3.8, 4) is 5.75 Å². The lowest BCUT2D eigenvalue weighted by molar-refractivity contribution is -0.147. The van der Waals surface area contributed by atoms with Crippen molar-refractivity contribution >= 4 is 16.9 Å². The molecule has 0 radical (unpaired) electrons. The molecule has 0 aliphatic heterocycles. The molecule has 94 valence electrons. The Hall–Kier alpha value is -2.10. The van der Waals surface area contributed by atoms with Crippen molar-refractivity contribution in [3.05, 3.63) is 36.5 Å². The van der Waals surface area contributed by atoms with E-state index in [4.69, 9.17) is 9.84 Å². The van der Waals surface area contributed by atoms with Crippen molar-refractivity contribution in [2.24, 2.45) is 5.92 Å². The van der Waals surface area contributed by atoms with Gasteiger partial charge < -0.3 is 9.84 Å². The van der Waals surface area contributed by atoms with Gasteiger partial charge in [0.25, 0.3) is 0 Å². The first kappa shape index (κ1) is 12.4. The SMILES string of the molecule is CC(C)C(Oc1ccc2cccnc2c1)C(=O)O. The van der Waals surface area contributed by atoms with Gasteiger partial charge in [0.15, 0.2) is 6.10 Å². The van der Waals surface area contributed by atoms with E-state index in [1.807, 2.05) is 32.0 Å². The fraction of sp³-hybridized carbons (Fsp3) is 0.286. The topological polar surface area (TPSA) is 59.4 Å². The predicted molar refractivity (Wildman–Crippen MR) is 68.6 cm³/mol. The van der Waals surface area contributed by atoms with Crippen molar-refractivity contribution in [1.82, 2.24) is 4.98 Å². The van der Waals surface area contributed by atoms with Gasteiger partial charge in [-0.25, -0.2) is 4.79 Å². The number of benzene rings is 1. The number of carboxylic acid groups (broad SMARTS) is 1. The number of rotatable bonds is 4. The number of nitrogens with zero attached hydrogens (tertiary/aromatic N) is 1. The van der Waals surface area contributed by atoms with Gasteiger partial charge in [-0.1, -0.05) is 19.9 Å². The highest BCUT2D eigenvalue weighted by atomic mass is 16.5. The maximum atomic E-state index is 11.1. The van der Waals surface area contributed by atoms with E-state index in [2.05, 4.69) is 4.98 Å². The van der Waals surface area contributed by atoms with E-state index in [9.17, 15) is 4.79 Å². The third-order valence-corrected chi connectivity index (χ3v) is 2.69. The number of hydrogen-bond acceptors (Lipinski definition) is 3. The zero-order chi connectivity index (χ0) is 13.1. The minimum absolute atomic E-state index is 0.0954. The van der Waals surface area contributed by atoms with Crippen LogP contribution in [0.3, 0.4) is 0 Å². The number of aromatic nitrogens is 1. The van der Waals surface area contributed by atoms with E-state index in [0.717, 1.165) is 10.9 Å². The molecule has 1 heterocycles. The maximum Gasteiger partial charge on any atom is 0.345 e. The molecule has 0 bridgehead atoms. The lowest BCUT2D eigenvalue weighted by Gasteiger charge is -2.18. The van der Waals surface area contributed by atoms with E-state index >= 15 is 0 Å². The van der Waals surface area contributed by atoms with E-state index in [-0.39, 0.29) is 5.92 Å². The van der Waals surface area contributed by atoms with Crippen molar-refractivity contribution < 1.29 is 14.6 Å². The van der Waals surface area contributed by atoms with E-state index in [0.29, 0.717) is 5.75 Å². The van der Waals surface area contributed by atoms with Crippen molar-refractivity contribution in [2.75, 3.05) is 0 Å². The fourth-order valence-electron chi connectivity index (χ4n) is 1.74. The molecule has 1 aromatic heterocycles. The van der Waals surface area contributed by atoms with Gasteiger partial charge in [0, 0.05) is 23.6 Å². The van der Waals surface area contributed by atoms with Crippen molar-refractivity contribution in [3.63, 3.8) is 0 Å². The highest BCUT2D eigenvalue weighted by Gasteiger charge is 2.23. The number of carbonyl (C=O) groups is 1. The number of carboxylic acids is 1. The predicted octanol–water partition coefficient (Wildman–Crippen LogP) is 2.72. The summed E-state index contributed by atoms with van der Waals surface area (Å²) in [5.74, 6) is -0.518. The summed E-state index contributed by atoms with van der Waals surface area (Å²) >= 11 is 0. The summed E-state index contributed by atoms with van der Waals surface area (Å²) in [6.07, 6.45) is 0.856. The Bertz CT molecular complexity index is 566. The summed E-state index contributed by atoms with van der Waals surface area (Å²) in [5, 5.41) is 10.1. The Morgan fingerprint density at radius 3 is 2.78 bits per heavy atom. The lowest BCUT2D eigenvalue weighted by Crippen LogP contribution is -2.32. The molecule has 1 unspecified atom stereocenters. The van der Waals surface area contributed by atoms with Gasteiger partial charge in [-0.2, -0.15) is 0 Å². The average Bonchev–Trinajstić information content (AvgIpc) is 2.35. The summed E-state index contributed by atoms with van der Waals surface area (Å²) in [4.78, 5) is 15.3. The second-order valence-corrected chi connectivity index (χ2v) is 4.48. The van der Waals surface area contributed by atoms with Crippen LogP contribution < -0.4 is 4.74 Å². The molecule has 0 fully saturated rings. The Morgan fingerprint density at radius 2 is 2.11 bits per heavy atom. The first-order chi connectivity index (χ1) is 8.58. The molecular formula is C14H15NO3. The van der Waals surface area contributed by atoms with Gasteiger partial charge in [-0.3, -0.25) is 4.98 Å². The summed E-state index contributed by atoms with van der Waals surface area (Å²) in [6.45, 7) is 3.64. The number of fused-ring (bicyclic) bond motifs is 1. The number of hydrogen-bond donors (Lipinski definition) is 1. The molecule has 0 spiro atoms. The Kier molecular flexibility index (Phi) is 3.46. The highest BCUT2D eigenvalue weighted by molar-refractivity contribution is 5.80. The monoisotopic (exact) mass is 245 g/mol. The second kappa shape index (κ2) is 5.04. The second-order valence-electron chi connectivity index (χ2n) is 4.48. The average molecular weight is 245 g/mol. The molecule has 1 N–H and O–H groups in total. The molecule has 1 aromatic carbocycles. The molecule has 0 amide bonds. The summed E-state index contributed by atoms with van der Waals surface area (Å²) in [5.41, 5.74) is 0.794. The molecule has 4 nitrogen and oxygen atoms in total. The summed E-state index contributed by atoms with van der Waals surface area (Å²) in [6, 6.07) is 9.20. The molecule has 2 aromatic rings. The summed E-state index contributed by atoms with van der Waals surface area (Å²) in [7, 11) is 0. The van der Waals surface area contributed by atoms with Crippen LogP contribution in [0, 0.1) is 5.92 Å². The Labute approximate surface area is 105 Å². The molecule has 0 aliphatic carbocycles. The van der Waals surface area contributed by atoms with Crippen LogP contribution >= 0.6 is 0 Å². The van der Waals surface area contributed by atoms with E-state index < -0.39 is 12.1 Å². The first-order valence-electron chi connectivity index (χ1n) is 5.82. The standard InChI is InChI=1S/C14H15NO3/c1-9(2)13(14(16)17)18-11-6-5-10-4-3-7-15-12(10)8-11/h3-9,13H,1-2H3,(H,16,17). The largest absolute Gasteiger partial charge is 0.478 e. The Morgan fingerprint density at radius 1 is 1.33 bits per heavy atom. The van der Waals surface area contributed by atoms with Crippen LogP contribution in [0.4, 0.5) is 0 Å². The Balaban J connectivity index is 2.28. The smallest absolute Gasteiger partial charge is 0.345 e. The van der Waals surface area contributed by atoms with Gasteiger partial charge in [-0.15, -0.1) is 0 Å². The van der Waals surface area contributed by atoms with Gasteiger partial charge in [-0.05, 0) is 18.2 Å². The van der Waals surface area contributed by atoms with E-state index in [1.54, 1.807) is 18.3 Å². The maximum absolute atomic E-state index is 11.1.